The van der Waals surface area contributed by atoms with Crippen molar-refractivity contribution in [1.82, 2.24) is 0 Å². The number of furan rings is 1. The van der Waals surface area contributed by atoms with Gasteiger partial charge in [-0.15, -0.1) is 0 Å². The molecule has 1 amide bonds. The number of methoxy groups -OCH3 is 1. The molecule has 6 nitrogen and oxygen atoms in total. The van der Waals surface area contributed by atoms with Gasteiger partial charge in [0.25, 0.3) is 5.91 Å². The van der Waals surface area contributed by atoms with Gasteiger partial charge < -0.3 is 19.2 Å². The zero-order valence-electron chi connectivity index (χ0n) is 16.8. The van der Waals surface area contributed by atoms with Crippen molar-refractivity contribution in [1.29, 1.82) is 0 Å². The van der Waals surface area contributed by atoms with E-state index >= 15 is 0 Å². The second-order valence-corrected chi connectivity index (χ2v) is 6.63. The van der Waals surface area contributed by atoms with Gasteiger partial charge in [0.15, 0.2) is 0 Å². The van der Waals surface area contributed by atoms with Crippen molar-refractivity contribution in [2.45, 2.75) is 26.9 Å². The number of hydrogen-bond donors (Lipinski definition) is 1. The lowest BCUT2D eigenvalue weighted by Crippen LogP contribution is -2.26. The first-order valence-corrected chi connectivity index (χ1v) is 9.18. The van der Waals surface area contributed by atoms with E-state index in [2.05, 4.69) is 5.32 Å². The summed E-state index contributed by atoms with van der Waals surface area (Å²) in [6, 6.07) is 15.8. The molecule has 0 radical (unpaired) electrons. The average molecular weight is 393 g/mol. The number of amides is 1. The van der Waals surface area contributed by atoms with Crippen LogP contribution in [0, 0.1) is 20.8 Å². The lowest BCUT2D eigenvalue weighted by molar-refractivity contribution is -0.125. The topological polar surface area (TPSA) is 77.8 Å². The summed E-state index contributed by atoms with van der Waals surface area (Å²) < 4.78 is 16.4. The SMILES string of the molecule is COc1cccc(NC(=O)[C@@H](OC(=O)c2c(C)oc(C)c2C)c2ccccc2)c1. The summed E-state index contributed by atoms with van der Waals surface area (Å²) in [4.78, 5) is 25.9. The first-order chi connectivity index (χ1) is 13.9. The largest absolute Gasteiger partial charge is 0.497 e. The van der Waals surface area contributed by atoms with Gasteiger partial charge in [0.2, 0.25) is 6.10 Å². The predicted octanol–water partition coefficient (Wildman–Crippen LogP) is 4.75. The van der Waals surface area contributed by atoms with E-state index in [1.807, 2.05) is 6.07 Å². The minimum absolute atomic E-state index is 0.345. The number of carbonyl (C=O) groups excluding carboxylic acids is 2. The van der Waals surface area contributed by atoms with Crippen molar-refractivity contribution in [3.8, 4) is 5.75 Å². The van der Waals surface area contributed by atoms with Crippen LogP contribution >= 0.6 is 0 Å². The van der Waals surface area contributed by atoms with Gasteiger partial charge in [-0.2, -0.15) is 0 Å². The Morgan fingerprint density at radius 3 is 2.31 bits per heavy atom. The molecule has 0 fully saturated rings. The Labute approximate surface area is 169 Å². The molecule has 0 spiro atoms. The Balaban J connectivity index is 1.88. The first-order valence-electron chi connectivity index (χ1n) is 9.18. The molecule has 1 N–H and O–H groups in total. The Morgan fingerprint density at radius 1 is 0.966 bits per heavy atom. The molecule has 0 bridgehead atoms. The molecule has 0 aliphatic rings. The number of anilines is 1. The lowest BCUT2D eigenvalue weighted by atomic mass is 10.1. The lowest BCUT2D eigenvalue weighted by Gasteiger charge is -2.18. The summed E-state index contributed by atoms with van der Waals surface area (Å²) >= 11 is 0. The molecule has 1 atom stereocenters. The first kappa shape index (κ1) is 20.2. The van der Waals surface area contributed by atoms with Gasteiger partial charge in [-0.05, 0) is 32.9 Å². The fraction of sp³-hybridized carbons (Fsp3) is 0.217. The smallest absolute Gasteiger partial charge is 0.343 e. The predicted molar refractivity (Wildman–Crippen MR) is 109 cm³/mol. The molecule has 0 aliphatic heterocycles. The summed E-state index contributed by atoms with van der Waals surface area (Å²) in [5.74, 6) is 0.646. The van der Waals surface area contributed by atoms with E-state index in [1.54, 1.807) is 76.4 Å². The van der Waals surface area contributed by atoms with Crippen LogP contribution in [-0.2, 0) is 9.53 Å². The number of aryl methyl sites for hydroxylation is 2. The molecule has 29 heavy (non-hydrogen) atoms. The second kappa shape index (κ2) is 8.65. The van der Waals surface area contributed by atoms with Crippen LogP contribution in [0.4, 0.5) is 5.69 Å². The van der Waals surface area contributed by atoms with Crippen LogP contribution in [0.25, 0.3) is 0 Å². The zero-order valence-corrected chi connectivity index (χ0v) is 16.8. The summed E-state index contributed by atoms with van der Waals surface area (Å²) in [5, 5.41) is 2.79. The average Bonchev–Trinajstić information content (AvgIpc) is 2.98. The number of benzene rings is 2. The van der Waals surface area contributed by atoms with Crippen molar-refractivity contribution in [2.75, 3.05) is 12.4 Å². The molecule has 0 unspecified atom stereocenters. The fourth-order valence-electron chi connectivity index (χ4n) is 3.07. The van der Waals surface area contributed by atoms with Crippen LogP contribution in [0.3, 0.4) is 0 Å². The van der Waals surface area contributed by atoms with E-state index in [-0.39, 0.29) is 0 Å². The third-order valence-electron chi connectivity index (χ3n) is 4.67. The van der Waals surface area contributed by atoms with Gasteiger partial charge in [0.1, 0.15) is 22.8 Å². The van der Waals surface area contributed by atoms with Crippen molar-refractivity contribution in [3.63, 3.8) is 0 Å². The quantitative estimate of drug-likeness (QED) is 0.612. The maximum absolute atomic E-state index is 13.0. The number of ether oxygens (including phenoxy) is 2. The van der Waals surface area contributed by atoms with Gasteiger partial charge in [-0.3, -0.25) is 4.79 Å². The van der Waals surface area contributed by atoms with Gasteiger partial charge in [0, 0.05) is 22.9 Å². The van der Waals surface area contributed by atoms with Crippen LogP contribution in [0.2, 0.25) is 0 Å². The molecular weight excluding hydrogens is 370 g/mol. The van der Waals surface area contributed by atoms with Crippen molar-refractivity contribution < 1.29 is 23.5 Å². The maximum Gasteiger partial charge on any atom is 0.343 e. The number of rotatable bonds is 6. The molecule has 1 heterocycles. The summed E-state index contributed by atoms with van der Waals surface area (Å²) in [7, 11) is 1.55. The van der Waals surface area contributed by atoms with E-state index in [9.17, 15) is 9.59 Å². The Hall–Kier alpha value is -3.54. The van der Waals surface area contributed by atoms with Crippen LogP contribution in [0.15, 0.2) is 59.0 Å². The molecule has 6 heteroatoms. The molecule has 3 rings (SSSR count). The van der Waals surface area contributed by atoms with Crippen molar-refractivity contribution in [2.24, 2.45) is 0 Å². The van der Waals surface area contributed by atoms with E-state index in [4.69, 9.17) is 13.9 Å². The highest BCUT2D eigenvalue weighted by Crippen LogP contribution is 2.27. The summed E-state index contributed by atoms with van der Waals surface area (Å²) in [5.41, 5.74) is 2.15. The standard InChI is InChI=1S/C23H23NO5/c1-14-15(2)28-16(3)20(14)23(26)29-21(17-9-6-5-7-10-17)22(25)24-18-11-8-12-19(13-18)27-4/h5-13,21H,1-4H3,(H,24,25)/t21-/m0/s1. The highest BCUT2D eigenvalue weighted by atomic mass is 16.5. The maximum atomic E-state index is 13.0. The Bertz CT molecular complexity index is 1020. The number of hydrogen-bond acceptors (Lipinski definition) is 5. The number of carbonyl (C=O) groups is 2. The molecule has 3 aromatic rings. The van der Waals surface area contributed by atoms with Crippen molar-refractivity contribution >= 4 is 17.6 Å². The Morgan fingerprint density at radius 2 is 1.69 bits per heavy atom. The highest BCUT2D eigenvalue weighted by molar-refractivity contribution is 5.99. The number of nitrogens with one attached hydrogen (secondary N) is 1. The molecular formula is C23H23NO5. The highest BCUT2D eigenvalue weighted by Gasteiger charge is 2.29. The van der Waals surface area contributed by atoms with E-state index in [0.29, 0.717) is 39.6 Å². The monoisotopic (exact) mass is 393 g/mol. The number of esters is 1. The normalized spacial score (nSPS) is 11.6. The molecule has 0 saturated heterocycles. The molecule has 150 valence electrons. The van der Waals surface area contributed by atoms with E-state index in [0.717, 1.165) is 0 Å². The summed E-state index contributed by atoms with van der Waals surface area (Å²) in [6.07, 6.45) is -1.12. The van der Waals surface area contributed by atoms with Gasteiger partial charge in [0.05, 0.1) is 7.11 Å². The third kappa shape index (κ3) is 4.48. The molecule has 1 aromatic heterocycles. The second-order valence-electron chi connectivity index (χ2n) is 6.63. The van der Waals surface area contributed by atoms with E-state index in [1.165, 1.54) is 0 Å². The molecule has 2 aromatic carbocycles. The Kier molecular flexibility index (Phi) is 6.02. The van der Waals surface area contributed by atoms with Crippen LogP contribution in [0.5, 0.6) is 5.75 Å². The minimum atomic E-state index is -1.12. The van der Waals surface area contributed by atoms with E-state index < -0.39 is 18.0 Å². The molecule has 0 saturated carbocycles. The fourth-order valence-corrected chi connectivity index (χ4v) is 3.07. The van der Waals surface area contributed by atoms with Crippen LogP contribution < -0.4 is 10.1 Å². The van der Waals surface area contributed by atoms with Gasteiger partial charge in [-0.1, -0.05) is 36.4 Å². The zero-order chi connectivity index (χ0) is 21.0. The van der Waals surface area contributed by atoms with Crippen LogP contribution in [-0.4, -0.2) is 19.0 Å². The van der Waals surface area contributed by atoms with Crippen molar-refractivity contribution in [3.05, 3.63) is 82.8 Å². The summed E-state index contributed by atoms with van der Waals surface area (Å²) in [6.45, 7) is 5.27. The minimum Gasteiger partial charge on any atom is -0.497 e. The van der Waals surface area contributed by atoms with Gasteiger partial charge >= 0.3 is 5.97 Å². The van der Waals surface area contributed by atoms with Gasteiger partial charge in [-0.25, -0.2) is 4.79 Å². The third-order valence-corrected chi connectivity index (χ3v) is 4.67. The molecule has 0 aliphatic carbocycles. The van der Waals surface area contributed by atoms with Crippen LogP contribution in [0.1, 0.15) is 39.1 Å².